The second-order valence-electron chi connectivity index (χ2n) is 5.64. The minimum Gasteiger partial charge on any atom is -0.395 e. The van der Waals surface area contributed by atoms with Crippen molar-refractivity contribution >= 4 is 23.4 Å². The fourth-order valence-electron chi connectivity index (χ4n) is 2.37. The smallest absolute Gasteiger partial charge is 0.395 e. The summed E-state index contributed by atoms with van der Waals surface area (Å²) in [6.07, 6.45) is -1.52. The zero-order chi connectivity index (χ0) is 17.4. The molecule has 1 aliphatic carbocycles. The number of ether oxygens (including phenoxy) is 2. The number of fused-ring (bicyclic) bond motifs is 1. The average Bonchev–Trinajstić information content (AvgIpc) is 3.19. The van der Waals surface area contributed by atoms with Crippen molar-refractivity contribution in [2.24, 2.45) is 0 Å². The average molecular weight is 369 g/mol. The standard InChI is InChI=1S/C14H13F2N5O3S/c15-14(16)23-10-4-1-8(5-11(10)24-14)17-13(22)7-25-6-12-18-19-20-21(12)9-2-3-9/h1,4-5,9H,2-3,6-7H2,(H,17,22). The molecule has 2 aliphatic rings. The number of tetrazole rings is 1. The summed E-state index contributed by atoms with van der Waals surface area (Å²) < 4.78 is 36.4. The van der Waals surface area contributed by atoms with E-state index in [2.05, 4.69) is 30.3 Å². The summed E-state index contributed by atoms with van der Waals surface area (Å²) >= 11 is 1.37. The second kappa shape index (κ2) is 6.14. The lowest BCUT2D eigenvalue weighted by Crippen LogP contribution is -2.25. The molecule has 132 valence electrons. The Morgan fingerprint density at radius 2 is 2.16 bits per heavy atom. The lowest BCUT2D eigenvalue weighted by molar-refractivity contribution is -0.286. The molecule has 0 unspecified atom stereocenters. The van der Waals surface area contributed by atoms with Crippen LogP contribution in [0.4, 0.5) is 14.5 Å². The van der Waals surface area contributed by atoms with Crippen LogP contribution in [-0.4, -0.2) is 38.2 Å². The Labute approximate surface area is 144 Å². The highest BCUT2D eigenvalue weighted by molar-refractivity contribution is 7.99. The van der Waals surface area contributed by atoms with Gasteiger partial charge < -0.3 is 14.8 Å². The molecule has 1 amide bonds. The fourth-order valence-corrected chi connectivity index (χ4v) is 3.10. The first-order valence-electron chi connectivity index (χ1n) is 7.54. The molecule has 4 rings (SSSR count). The zero-order valence-electron chi connectivity index (χ0n) is 12.8. The molecule has 0 atom stereocenters. The lowest BCUT2D eigenvalue weighted by atomic mass is 10.3. The molecule has 1 aliphatic heterocycles. The molecule has 1 aromatic heterocycles. The quantitative estimate of drug-likeness (QED) is 0.835. The predicted octanol–water partition coefficient (Wildman–Crippen LogP) is 2.20. The number of hydrogen-bond acceptors (Lipinski definition) is 7. The van der Waals surface area contributed by atoms with Gasteiger partial charge in [-0.3, -0.25) is 4.79 Å². The maximum atomic E-state index is 13.0. The fraction of sp³-hybridized carbons (Fsp3) is 0.429. The van der Waals surface area contributed by atoms with Gasteiger partial charge in [0.1, 0.15) is 0 Å². The summed E-state index contributed by atoms with van der Waals surface area (Å²) in [4.78, 5) is 12.0. The van der Waals surface area contributed by atoms with Crippen LogP contribution in [0.2, 0.25) is 0 Å². The summed E-state index contributed by atoms with van der Waals surface area (Å²) in [5, 5.41) is 14.2. The monoisotopic (exact) mass is 369 g/mol. The van der Waals surface area contributed by atoms with Gasteiger partial charge in [-0.15, -0.1) is 25.6 Å². The van der Waals surface area contributed by atoms with Gasteiger partial charge in [0.25, 0.3) is 0 Å². The Morgan fingerprint density at radius 1 is 1.36 bits per heavy atom. The van der Waals surface area contributed by atoms with Crippen molar-refractivity contribution in [1.29, 1.82) is 0 Å². The largest absolute Gasteiger partial charge is 0.586 e. The number of amides is 1. The summed E-state index contributed by atoms with van der Waals surface area (Å²) in [5.41, 5.74) is 0.355. The van der Waals surface area contributed by atoms with E-state index in [9.17, 15) is 13.6 Å². The van der Waals surface area contributed by atoms with Crippen LogP contribution < -0.4 is 14.8 Å². The number of nitrogens with zero attached hydrogens (tertiary/aromatic N) is 4. The normalized spacial score (nSPS) is 17.5. The highest BCUT2D eigenvalue weighted by Gasteiger charge is 2.43. The van der Waals surface area contributed by atoms with Crippen LogP contribution in [0.1, 0.15) is 24.7 Å². The molecule has 0 saturated heterocycles. The molecule has 2 aromatic rings. The van der Waals surface area contributed by atoms with Crippen LogP contribution in [0.25, 0.3) is 0 Å². The number of carbonyl (C=O) groups excluding carboxylic acids is 1. The molecule has 1 aromatic carbocycles. The van der Waals surface area contributed by atoms with Crippen LogP contribution in [0, 0.1) is 0 Å². The summed E-state index contributed by atoms with van der Waals surface area (Å²) in [6.45, 7) is 0. The van der Waals surface area contributed by atoms with E-state index >= 15 is 0 Å². The Bertz CT molecular complexity index is 812. The molecule has 1 fully saturated rings. The summed E-state index contributed by atoms with van der Waals surface area (Å²) in [6, 6.07) is 4.47. The predicted molar refractivity (Wildman–Crippen MR) is 83.5 cm³/mol. The topological polar surface area (TPSA) is 91.2 Å². The number of thioether (sulfide) groups is 1. The van der Waals surface area contributed by atoms with E-state index in [0.717, 1.165) is 18.7 Å². The van der Waals surface area contributed by atoms with Crippen LogP contribution in [0.3, 0.4) is 0 Å². The van der Waals surface area contributed by atoms with Crippen molar-refractivity contribution < 1.29 is 23.0 Å². The number of halogens is 2. The number of hydrogen-bond donors (Lipinski definition) is 1. The molecule has 0 bridgehead atoms. The van der Waals surface area contributed by atoms with Gasteiger partial charge in [-0.1, -0.05) is 0 Å². The van der Waals surface area contributed by atoms with Gasteiger partial charge in [-0.25, -0.2) is 4.68 Å². The van der Waals surface area contributed by atoms with E-state index in [4.69, 9.17) is 0 Å². The number of benzene rings is 1. The molecule has 0 spiro atoms. The van der Waals surface area contributed by atoms with Crippen LogP contribution in [0.5, 0.6) is 11.5 Å². The number of carbonyl (C=O) groups is 1. The van der Waals surface area contributed by atoms with Gasteiger partial charge in [-0.2, -0.15) is 0 Å². The molecular formula is C14H13F2N5O3S. The number of alkyl halides is 2. The third-order valence-electron chi connectivity index (χ3n) is 3.60. The molecule has 0 radical (unpaired) electrons. The van der Waals surface area contributed by atoms with Crippen molar-refractivity contribution in [3.63, 3.8) is 0 Å². The van der Waals surface area contributed by atoms with Gasteiger partial charge in [0, 0.05) is 11.8 Å². The molecule has 1 N–H and O–H groups in total. The Hall–Kier alpha value is -2.43. The SMILES string of the molecule is O=C(CSCc1nnnn1C1CC1)Nc1ccc2c(c1)OC(F)(F)O2. The first-order valence-corrected chi connectivity index (χ1v) is 8.70. The van der Waals surface area contributed by atoms with Gasteiger partial charge in [0.2, 0.25) is 5.91 Å². The molecule has 2 heterocycles. The first kappa shape index (κ1) is 16.1. The minimum atomic E-state index is -3.67. The van der Waals surface area contributed by atoms with Crippen molar-refractivity contribution in [2.45, 2.75) is 30.9 Å². The van der Waals surface area contributed by atoms with Crippen molar-refractivity contribution in [3.05, 3.63) is 24.0 Å². The number of rotatable bonds is 6. The molecule has 11 heteroatoms. The Kier molecular flexibility index (Phi) is 3.94. The first-order chi connectivity index (χ1) is 12.0. The molecule has 1 saturated carbocycles. The molecule has 8 nitrogen and oxygen atoms in total. The highest BCUT2D eigenvalue weighted by atomic mass is 32.2. The van der Waals surface area contributed by atoms with E-state index in [0.29, 0.717) is 17.5 Å². The third kappa shape index (κ3) is 3.65. The van der Waals surface area contributed by atoms with E-state index < -0.39 is 6.29 Å². The van der Waals surface area contributed by atoms with E-state index in [1.807, 2.05) is 0 Å². The Balaban J connectivity index is 1.29. The molecular weight excluding hydrogens is 356 g/mol. The third-order valence-corrected chi connectivity index (χ3v) is 4.53. The second-order valence-corrected chi connectivity index (χ2v) is 6.63. The van der Waals surface area contributed by atoms with Crippen LogP contribution in [0.15, 0.2) is 18.2 Å². The van der Waals surface area contributed by atoms with Crippen molar-refractivity contribution in [3.8, 4) is 11.5 Å². The van der Waals surface area contributed by atoms with Gasteiger partial charge in [0.15, 0.2) is 17.3 Å². The van der Waals surface area contributed by atoms with Crippen LogP contribution in [-0.2, 0) is 10.5 Å². The number of anilines is 1. The van der Waals surface area contributed by atoms with Gasteiger partial charge >= 0.3 is 6.29 Å². The van der Waals surface area contributed by atoms with Gasteiger partial charge in [-0.05, 0) is 35.4 Å². The maximum absolute atomic E-state index is 13.0. The summed E-state index contributed by atoms with van der Waals surface area (Å²) in [5.74, 6) is 1.00. The summed E-state index contributed by atoms with van der Waals surface area (Å²) in [7, 11) is 0. The van der Waals surface area contributed by atoms with Crippen molar-refractivity contribution in [1.82, 2.24) is 20.2 Å². The minimum absolute atomic E-state index is 0.0655. The molecule has 25 heavy (non-hydrogen) atoms. The highest BCUT2D eigenvalue weighted by Crippen LogP contribution is 2.42. The van der Waals surface area contributed by atoms with E-state index in [1.165, 1.54) is 30.0 Å². The Morgan fingerprint density at radius 3 is 2.96 bits per heavy atom. The van der Waals surface area contributed by atoms with Gasteiger partial charge in [0.05, 0.1) is 17.5 Å². The van der Waals surface area contributed by atoms with E-state index in [-0.39, 0.29) is 23.2 Å². The van der Waals surface area contributed by atoms with Crippen molar-refractivity contribution in [2.75, 3.05) is 11.1 Å². The lowest BCUT2D eigenvalue weighted by Gasteiger charge is -2.06. The zero-order valence-corrected chi connectivity index (χ0v) is 13.6. The number of nitrogens with one attached hydrogen (secondary N) is 1. The number of aromatic nitrogens is 4. The maximum Gasteiger partial charge on any atom is 0.586 e. The van der Waals surface area contributed by atoms with E-state index in [1.54, 1.807) is 4.68 Å². The van der Waals surface area contributed by atoms with Crippen LogP contribution >= 0.6 is 11.8 Å².